The van der Waals surface area contributed by atoms with Gasteiger partial charge in [0.25, 0.3) is 0 Å². The zero-order valence-corrected chi connectivity index (χ0v) is 11.2. The molecule has 1 aliphatic heterocycles. The molecule has 2 rings (SSSR count). The highest BCUT2D eigenvalue weighted by molar-refractivity contribution is 7.89. The number of hydrogen-bond acceptors (Lipinski definition) is 6. The van der Waals surface area contributed by atoms with Crippen LogP contribution in [0.1, 0.15) is 0 Å². The van der Waals surface area contributed by atoms with E-state index in [1.807, 2.05) is 6.07 Å². The van der Waals surface area contributed by atoms with Crippen molar-refractivity contribution in [3.63, 3.8) is 0 Å². The van der Waals surface area contributed by atoms with E-state index in [1.165, 1.54) is 16.7 Å². The van der Waals surface area contributed by atoms with E-state index in [4.69, 9.17) is 10.00 Å². The molecule has 1 aliphatic rings. The molecule has 0 aliphatic carbocycles. The van der Waals surface area contributed by atoms with Crippen LogP contribution in [0, 0.1) is 11.3 Å². The molecule has 2 heterocycles. The number of sulfonamides is 1. The number of pyridine rings is 1. The summed E-state index contributed by atoms with van der Waals surface area (Å²) < 4.78 is 31.4. The highest BCUT2D eigenvalue weighted by Crippen LogP contribution is 2.24. The number of nitrogens with one attached hydrogen (secondary N) is 1. The number of rotatable bonds is 3. The summed E-state index contributed by atoms with van der Waals surface area (Å²) in [4.78, 5) is 3.96. The van der Waals surface area contributed by atoms with Crippen molar-refractivity contribution in [3.8, 4) is 6.07 Å². The summed E-state index contributed by atoms with van der Waals surface area (Å²) in [7, 11) is -2.03. The molecule has 1 unspecified atom stereocenters. The number of morpholine rings is 1. The molecule has 8 heteroatoms. The molecule has 1 saturated heterocycles. The van der Waals surface area contributed by atoms with Gasteiger partial charge in [-0.25, -0.2) is 8.42 Å². The van der Waals surface area contributed by atoms with Gasteiger partial charge in [-0.3, -0.25) is 4.98 Å². The second-order valence-electron chi connectivity index (χ2n) is 3.97. The fourth-order valence-electron chi connectivity index (χ4n) is 1.85. The van der Waals surface area contributed by atoms with Crippen molar-refractivity contribution in [3.05, 3.63) is 18.5 Å². The molecule has 1 N–H and O–H groups in total. The predicted molar refractivity (Wildman–Crippen MR) is 67.9 cm³/mol. The maximum Gasteiger partial charge on any atom is 0.246 e. The fourth-order valence-corrected chi connectivity index (χ4v) is 3.42. The lowest BCUT2D eigenvalue weighted by atomic mass is 10.3. The largest absolute Gasteiger partial charge is 0.387 e. The molecular weight excluding hydrogens is 268 g/mol. The maximum atomic E-state index is 12.5. The molecular formula is C11H14N4O3S. The first-order valence-electron chi connectivity index (χ1n) is 5.72. The normalized spacial score (nSPS) is 20.7. The highest BCUT2D eigenvalue weighted by Gasteiger charge is 2.32. The Balaban J connectivity index is 2.34. The van der Waals surface area contributed by atoms with E-state index in [2.05, 4.69) is 10.3 Å². The minimum absolute atomic E-state index is 0.0386. The van der Waals surface area contributed by atoms with Gasteiger partial charge in [-0.05, 0) is 6.07 Å². The van der Waals surface area contributed by atoms with E-state index in [0.717, 1.165) is 0 Å². The molecule has 0 bridgehead atoms. The topological polar surface area (TPSA) is 95.3 Å². The van der Waals surface area contributed by atoms with Gasteiger partial charge in [0.2, 0.25) is 10.0 Å². The van der Waals surface area contributed by atoms with Gasteiger partial charge < -0.3 is 10.1 Å². The quantitative estimate of drug-likeness (QED) is 0.840. The lowest BCUT2D eigenvalue weighted by Crippen LogP contribution is -2.45. The van der Waals surface area contributed by atoms with Crippen LogP contribution in [0.2, 0.25) is 0 Å². The number of aromatic nitrogens is 1. The Morgan fingerprint density at radius 2 is 2.42 bits per heavy atom. The lowest BCUT2D eigenvalue weighted by Gasteiger charge is -2.29. The van der Waals surface area contributed by atoms with Crippen LogP contribution in [0.5, 0.6) is 0 Å². The van der Waals surface area contributed by atoms with Crippen molar-refractivity contribution < 1.29 is 13.2 Å². The maximum absolute atomic E-state index is 12.5. The molecule has 7 nitrogen and oxygen atoms in total. The third kappa shape index (κ3) is 2.68. The Labute approximate surface area is 111 Å². The first kappa shape index (κ1) is 13.7. The van der Waals surface area contributed by atoms with Crippen molar-refractivity contribution in [1.82, 2.24) is 9.29 Å². The molecule has 0 spiro atoms. The summed E-state index contributed by atoms with van der Waals surface area (Å²) in [5, 5.41) is 11.6. The van der Waals surface area contributed by atoms with E-state index in [0.29, 0.717) is 5.69 Å². The molecule has 19 heavy (non-hydrogen) atoms. The second kappa shape index (κ2) is 5.52. The number of nitriles is 1. The van der Waals surface area contributed by atoms with Crippen molar-refractivity contribution in [2.24, 2.45) is 0 Å². The van der Waals surface area contributed by atoms with Gasteiger partial charge in [-0.15, -0.1) is 0 Å². The summed E-state index contributed by atoms with van der Waals surface area (Å²) in [6.45, 7) is 0.488. The monoisotopic (exact) mass is 282 g/mol. The Hall–Kier alpha value is -1.69. The van der Waals surface area contributed by atoms with Gasteiger partial charge in [0.15, 0.2) is 6.10 Å². The zero-order chi connectivity index (χ0) is 13.9. The van der Waals surface area contributed by atoms with Crippen molar-refractivity contribution >= 4 is 15.7 Å². The first-order chi connectivity index (χ1) is 9.09. The van der Waals surface area contributed by atoms with Crippen LogP contribution in [0.3, 0.4) is 0 Å². The average molecular weight is 282 g/mol. The van der Waals surface area contributed by atoms with Crippen LogP contribution >= 0.6 is 0 Å². The molecule has 0 amide bonds. The summed E-state index contributed by atoms with van der Waals surface area (Å²) in [5.41, 5.74) is 0.481. The predicted octanol–water partition coefficient (Wildman–Crippen LogP) is 0.0364. The molecule has 0 aromatic carbocycles. The van der Waals surface area contributed by atoms with Crippen LogP contribution in [0.25, 0.3) is 0 Å². The van der Waals surface area contributed by atoms with Crippen molar-refractivity contribution in [1.29, 1.82) is 5.26 Å². The number of nitrogens with zero attached hydrogens (tertiary/aromatic N) is 3. The molecule has 1 aromatic rings. The number of ether oxygens (including phenoxy) is 1. The summed E-state index contributed by atoms with van der Waals surface area (Å²) in [5.74, 6) is 0. The fraction of sp³-hybridized carbons (Fsp3) is 0.455. The Morgan fingerprint density at radius 1 is 1.63 bits per heavy atom. The number of hydrogen-bond donors (Lipinski definition) is 1. The van der Waals surface area contributed by atoms with Gasteiger partial charge in [0, 0.05) is 26.0 Å². The minimum Gasteiger partial charge on any atom is -0.387 e. The van der Waals surface area contributed by atoms with Crippen LogP contribution in [0.4, 0.5) is 5.69 Å². The van der Waals surface area contributed by atoms with Gasteiger partial charge in [0.05, 0.1) is 24.9 Å². The Morgan fingerprint density at radius 3 is 3.11 bits per heavy atom. The lowest BCUT2D eigenvalue weighted by molar-refractivity contribution is 0.0311. The highest BCUT2D eigenvalue weighted by atomic mass is 32.2. The summed E-state index contributed by atoms with van der Waals surface area (Å²) >= 11 is 0. The molecule has 0 saturated carbocycles. The SMILES string of the molecule is CNc1ccncc1S(=O)(=O)N1CCOC(C#N)C1. The number of anilines is 1. The molecule has 1 fully saturated rings. The molecule has 0 radical (unpaired) electrons. The van der Waals surface area contributed by atoms with Crippen LogP contribution in [-0.4, -0.2) is 50.6 Å². The van der Waals surface area contributed by atoms with E-state index in [-0.39, 0.29) is 24.6 Å². The van der Waals surface area contributed by atoms with E-state index < -0.39 is 16.1 Å². The molecule has 1 aromatic heterocycles. The smallest absolute Gasteiger partial charge is 0.246 e. The minimum atomic E-state index is -3.67. The third-order valence-electron chi connectivity index (χ3n) is 2.84. The molecule has 102 valence electrons. The zero-order valence-electron chi connectivity index (χ0n) is 10.4. The van der Waals surface area contributed by atoms with E-state index >= 15 is 0 Å². The first-order valence-corrected chi connectivity index (χ1v) is 7.16. The Kier molecular flexibility index (Phi) is 3.99. The summed E-state index contributed by atoms with van der Waals surface area (Å²) in [6, 6.07) is 3.52. The Bertz CT molecular complexity index is 596. The van der Waals surface area contributed by atoms with E-state index in [9.17, 15) is 8.42 Å². The van der Waals surface area contributed by atoms with Crippen LogP contribution in [-0.2, 0) is 14.8 Å². The van der Waals surface area contributed by atoms with Gasteiger partial charge in [-0.2, -0.15) is 9.57 Å². The van der Waals surface area contributed by atoms with Gasteiger partial charge in [-0.1, -0.05) is 0 Å². The standard InChI is InChI=1S/C11H14N4O3S/c1-13-10-2-3-14-7-11(10)19(16,17)15-4-5-18-9(6-12)8-15/h2-3,7,9H,4-5,8H2,1H3,(H,13,14). The average Bonchev–Trinajstić information content (AvgIpc) is 2.47. The molecule has 1 atom stereocenters. The summed E-state index contributed by atoms with van der Waals surface area (Å²) in [6.07, 6.45) is 2.10. The third-order valence-corrected chi connectivity index (χ3v) is 4.74. The van der Waals surface area contributed by atoms with Gasteiger partial charge >= 0.3 is 0 Å². The van der Waals surface area contributed by atoms with Crippen LogP contribution < -0.4 is 5.32 Å². The van der Waals surface area contributed by atoms with Crippen LogP contribution in [0.15, 0.2) is 23.4 Å². The van der Waals surface area contributed by atoms with E-state index in [1.54, 1.807) is 13.1 Å². The second-order valence-corrected chi connectivity index (χ2v) is 5.88. The van der Waals surface area contributed by atoms with Crippen molar-refractivity contribution in [2.45, 2.75) is 11.0 Å². The van der Waals surface area contributed by atoms with Gasteiger partial charge in [0.1, 0.15) is 4.90 Å². The van der Waals surface area contributed by atoms with Crippen molar-refractivity contribution in [2.75, 3.05) is 32.1 Å².